The van der Waals surface area contributed by atoms with Gasteiger partial charge in [-0.05, 0) is 80.2 Å². The lowest BCUT2D eigenvalue weighted by Crippen LogP contribution is -2.48. The van der Waals surface area contributed by atoms with Crippen LogP contribution in [0.1, 0.15) is 75.3 Å². The molecule has 1 heterocycles. The number of carbonyl (C=O) groups excluding carboxylic acids is 1. The molecule has 0 unspecified atom stereocenters. The second-order valence-electron chi connectivity index (χ2n) is 10.1. The van der Waals surface area contributed by atoms with Gasteiger partial charge in [-0.1, -0.05) is 43.8 Å². The van der Waals surface area contributed by atoms with E-state index in [0.717, 1.165) is 40.5 Å². The fourth-order valence-corrected chi connectivity index (χ4v) is 7.06. The second-order valence-corrected chi connectivity index (χ2v) is 11.0. The first-order valence-corrected chi connectivity index (χ1v) is 12.3. The average molecular weight is 426 g/mol. The van der Waals surface area contributed by atoms with E-state index in [1.165, 1.54) is 50.3 Å². The summed E-state index contributed by atoms with van der Waals surface area (Å²) in [6.45, 7) is 6.32. The van der Waals surface area contributed by atoms with Crippen LogP contribution in [0.3, 0.4) is 0 Å². The molecule has 160 valence electrons. The Morgan fingerprint density at radius 1 is 1.17 bits per heavy atom. The molecule has 1 aromatic heterocycles. The minimum atomic E-state index is -0.0363. The highest BCUT2D eigenvalue weighted by Crippen LogP contribution is 2.60. The zero-order valence-corrected chi connectivity index (χ0v) is 18.9. The lowest BCUT2D eigenvalue weighted by Gasteiger charge is -2.55. The van der Waals surface area contributed by atoms with Gasteiger partial charge >= 0.3 is 0 Å². The molecule has 0 atom stereocenters. The van der Waals surface area contributed by atoms with Crippen LogP contribution in [-0.4, -0.2) is 21.9 Å². The lowest BCUT2D eigenvalue weighted by molar-refractivity contribution is -0.113. The van der Waals surface area contributed by atoms with Crippen molar-refractivity contribution in [2.45, 2.75) is 75.9 Å². The van der Waals surface area contributed by atoms with Crippen molar-refractivity contribution in [1.82, 2.24) is 10.2 Å². The molecule has 1 amide bonds. The van der Waals surface area contributed by atoms with Crippen molar-refractivity contribution in [3.05, 3.63) is 35.2 Å². The number of aryl methyl sites for hydroxylation is 1. The predicted octanol–water partition coefficient (Wildman–Crippen LogP) is 5.70. The van der Waals surface area contributed by atoms with Gasteiger partial charge in [0.1, 0.15) is 0 Å². The van der Waals surface area contributed by atoms with Gasteiger partial charge in [0.2, 0.25) is 11.8 Å². The quantitative estimate of drug-likeness (QED) is 0.601. The third-order valence-electron chi connectivity index (χ3n) is 7.42. The van der Waals surface area contributed by atoms with Gasteiger partial charge in [0.25, 0.3) is 5.22 Å². The molecule has 5 nitrogen and oxygen atoms in total. The van der Waals surface area contributed by atoms with Gasteiger partial charge in [-0.15, -0.1) is 10.2 Å². The molecule has 0 radical (unpaired) electrons. The molecule has 1 aromatic carbocycles. The molecule has 0 spiro atoms. The van der Waals surface area contributed by atoms with E-state index in [1.807, 2.05) is 19.1 Å². The van der Waals surface area contributed by atoms with Gasteiger partial charge in [-0.3, -0.25) is 4.79 Å². The first-order valence-electron chi connectivity index (χ1n) is 11.3. The highest BCUT2D eigenvalue weighted by Gasteiger charge is 2.54. The van der Waals surface area contributed by atoms with Crippen LogP contribution < -0.4 is 5.32 Å². The Kier molecular flexibility index (Phi) is 5.16. The van der Waals surface area contributed by atoms with Gasteiger partial charge in [-0.2, -0.15) is 0 Å². The Labute approximate surface area is 182 Å². The molecule has 4 aliphatic rings. The van der Waals surface area contributed by atoms with E-state index in [4.69, 9.17) is 4.42 Å². The van der Waals surface area contributed by atoms with Crippen LogP contribution in [0.25, 0.3) is 0 Å². The summed E-state index contributed by atoms with van der Waals surface area (Å²) in [5.41, 5.74) is 3.28. The number of nitrogens with one attached hydrogen (secondary N) is 1. The zero-order chi connectivity index (χ0) is 20.9. The number of amides is 1. The molecule has 2 aromatic rings. The highest BCUT2D eigenvalue weighted by molar-refractivity contribution is 7.99. The number of aromatic nitrogens is 2. The number of carbonyl (C=O) groups is 1. The Bertz CT molecular complexity index is 916. The van der Waals surface area contributed by atoms with Crippen LogP contribution >= 0.6 is 11.8 Å². The third kappa shape index (κ3) is 3.68. The summed E-state index contributed by atoms with van der Waals surface area (Å²) in [6, 6.07) is 6.15. The maximum Gasteiger partial charge on any atom is 0.277 e. The fraction of sp³-hybridized carbons (Fsp3) is 0.625. The standard InChI is InChI=1S/C24H31N3O2S/c1-14(2)19-6-4-5-15(3)21(19)25-20(28)13-30-23-27-26-22(29-23)24-10-16-7-17(11-24)9-18(8-16)12-24/h4-6,14,16-18H,7-13H2,1-3H3,(H,25,28). The number of nitrogens with zero attached hydrogens (tertiary/aromatic N) is 2. The monoisotopic (exact) mass is 425 g/mol. The minimum absolute atomic E-state index is 0.0363. The van der Waals surface area contributed by atoms with Crippen molar-refractivity contribution >= 4 is 23.4 Å². The maximum atomic E-state index is 12.6. The Morgan fingerprint density at radius 3 is 2.47 bits per heavy atom. The highest BCUT2D eigenvalue weighted by atomic mass is 32.2. The lowest BCUT2D eigenvalue weighted by atomic mass is 9.49. The number of thioether (sulfide) groups is 1. The van der Waals surface area contributed by atoms with E-state index in [2.05, 4.69) is 35.4 Å². The van der Waals surface area contributed by atoms with Crippen molar-refractivity contribution in [3.63, 3.8) is 0 Å². The SMILES string of the molecule is Cc1cccc(C(C)C)c1NC(=O)CSc1nnc(C23CC4CC(CC(C4)C2)C3)o1. The topological polar surface area (TPSA) is 68.0 Å². The number of para-hydroxylation sites is 1. The number of hydrogen-bond donors (Lipinski definition) is 1. The van der Waals surface area contributed by atoms with Gasteiger partial charge in [-0.25, -0.2) is 0 Å². The molecule has 1 N–H and O–H groups in total. The summed E-state index contributed by atoms with van der Waals surface area (Å²) >= 11 is 1.34. The van der Waals surface area contributed by atoms with Gasteiger partial charge in [0.15, 0.2) is 0 Å². The van der Waals surface area contributed by atoms with Crippen LogP contribution in [-0.2, 0) is 10.2 Å². The van der Waals surface area contributed by atoms with Crippen molar-refractivity contribution in [2.24, 2.45) is 17.8 Å². The summed E-state index contributed by atoms with van der Waals surface area (Å²) in [7, 11) is 0. The van der Waals surface area contributed by atoms with Gasteiger partial charge in [0.05, 0.1) is 5.75 Å². The van der Waals surface area contributed by atoms with Crippen LogP contribution in [0.4, 0.5) is 5.69 Å². The first-order chi connectivity index (χ1) is 14.4. The largest absolute Gasteiger partial charge is 0.415 e. The smallest absolute Gasteiger partial charge is 0.277 e. The maximum absolute atomic E-state index is 12.6. The predicted molar refractivity (Wildman–Crippen MR) is 119 cm³/mol. The fourth-order valence-electron chi connectivity index (χ4n) is 6.50. The summed E-state index contributed by atoms with van der Waals surface area (Å²) in [6.07, 6.45) is 7.80. The van der Waals surface area contributed by atoms with Gasteiger partial charge in [0, 0.05) is 11.1 Å². The molecule has 6 heteroatoms. The van der Waals surface area contributed by atoms with Crippen molar-refractivity contribution in [2.75, 3.05) is 11.1 Å². The van der Waals surface area contributed by atoms with Crippen LogP contribution in [0.5, 0.6) is 0 Å². The van der Waals surface area contributed by atoms with Crippen LogP contribution in [0.2, 0.25) is 0 Å². The first kappa shape index (κ1) is 20.1. The minimum Gasteiger partial charge on any atom is -0.415 e. The van der Waals surface area contributed by atoms with E-state index in [1.54, 1.807) is 0 Å². The van der Waals surface area contributed by atoms with E-state index in [-0.39, 0.29) is 17.1 Å². The molecule has 4 fully saturated rings. The second kappa shape index (κ2) is 7.70. The van der Waals surface area contributed by atoms with E-state index in [0.29, 0.717) is 11.1 Å². The Hall–Kier alpha value is -1.82. The van der Waals surface area contributed by atoms with E-state index < -0.39 is 0 Å². The van der Waals surface area contributed by atoms with E-state index >= 15 is 0 Å². The molecule has 30 heavy (non-hydrogen) atoms. The normalized spacial score (nSPS) is 29.5. The number of hydrogen-bond acceptors (Lipinski definition) is 5. The summed E-state index contributed by atoms with van der Waals surface area (Å²) < 4.78 is 6.12. The molecule has 6 rings (SSSR count). The van der Waals surface area contributed by atoms with Crippen molar-refractivity contribution in [3.8, 4) is 0 Å². The van der Waals surface area contributed by atoms with Crippen molar-refractivity contribution < 1.29 is 9.21 Å². The third-order valence-corrected chi connectivity index (χ3v) is 8.24. The number of rotatable bonds is 6. The number of anilines is 1. The molecular weight excluding hydrogens is 394 g/mol. The van der Waals surface area contributed by atoms with Gasteiger partial charge < -0.3 is 9.73 Å². The molecule has 0 saturated heterocycles. The molecule has 4 bridgehead atoms. The van der Waals surface area contributed by atoms with Crippen LogP contribution in [0.15, 0.2) is 27.8 Å². The summed E-state index contributed by atoms with van der Waals surface area (Å²) in [5.74, 6) is 3.94. The summed E-state index contributed by atoms with van der Waals surface area (Å²) in [5, 5.41) is 12.3. The Balaban J connectivity index is 1.24. The Morgan fingerprint density at radius 2 is 1.83 bits per heavy atom. The molecule has 4 saturated carbocycles. The molecule has 4 aliphatic carbocycles. The number of benzene rings is 1. The van der Waals surface area contributed by atoms with Crippen LogP contribution in [0, 0.1) is 24.7 Å². The molecular formula is C24H31N3O2S. The zero-order valence-electron chi connectivity index (χ0n) is 18.1. The van der Waals surface area contributed by atoms with Crippen molar-refractivity contribution in [1.29, 1.82) is 0 Å². The molecule has 0 aliphatic heterocycles. The van der Waals surface area contributed by atoms with E-state index in [9.17, 15) is 4.79 Å². The summed E-state index contributed by atoms with van der Waals surface area (Å²) in [4.78, 5) is 12.6. The average Bonchev–Trinajstić information content (AvgIpc) is 3.17.